The summed E-state index contributed by atoms with van der Waals surface area (Å²) in [4.78, 5) is 1.92. The molecule has 1 aromatic rings. The molecular weight excluding hydrogens is 241 g/mol. The van der Waals surface area contributed by atoms with Crippen molar-refractivity contribution >= 4 is 5.69 Å². The molecule has 4 heteroatoms. The van der Waals surface area contributed by atoms with Gasteiger partial charge in [-0.05, 0) is 30.5 Å². The number of hydrogen-bond donors (Lipinski definition) is 1. The molecule has 0 bridgehead atoms. The van der Waals surface area contributed by atoms with Gasteiger partial charge in [0, 0.05) is 19.1 Å². The van der Waals surface area contributed by atoms with E-state index in [1.54, 1.807) is 6.07 Å². The Labute approximate surface area is 114 Å². The third-order valence-corrected chi connectivity index (χ3v) is 2.92. The van der Waals surface area contributed by atoms with Crippen molar-refractivity contribution in [3.05, 3.63) is 29.6 Å². The Morgan fingerprint density at radius 1 is 1.37 bits per heavy atom. The van der Waals surface area contributed by atoms with Crippen LogP contribution in [0.3, 0.4) is 0 Å². The predicted molar refractivity (Wildman–Crippen MR) is 76.3 cm³/mol. The molecule has 104 valence electrons. The number of hydrogen-bond acceptors (Lipinski definition) is 3. The van der Waals surface area contributed by atoms with Crippen LogP contribution in [0.1, 0.15) is 38.8 Å². The quantitative estimate of drug-likeness (QED) is 0.857. The predicted octanol–water partition coefficient (Wildman–Crippen LogP) is 3.22. The third-order valence-electron chi connectivity index (χ3n) is 2.92. The number of halogens is 1. The number of benzene rings is 1. The van der Waals surface area contributed by atoms with Crippen molar-refractivity contribution in [3.63, 3.8) is 0 Å². The van der Waals surface area contributed by atoms with Crippen LogP contribution in [0, 0.1) is 23.1 Å². The zero-order valence-electron chi connectivity index (χ0n) is 11.9. The van der Waals surface area contributed by atoms with Crippen molar-refractivity contribution in [2.45, 2.75) is 33.2 Å². The summed E-state index contributed by atoms with van der Waals surface area (Å²) < 4.78 is 14.2. The van der Waals surface area contributed by atoms with Crippen LogP contribution < -0.4 is 10.6 Å². The summed E-state index contributed by atoms with van der Waals surface area (Å²) in [7, 11) is 0. The molecule has 3 nitrogen and oxygen atoms in total. The van der Waals surface area contributed by atoms with Crippen LogP contribution in [0.4, 0.5) is 10.1 Å². The van der Waals surface area contributed by atoms with E-state index < -0.39 is 0 Å². The molecule has 0 radical (unpaired) electrons. The zero-order chi connectivity index (χ0) is 14.4. The van der Waals surface area contributed by atoms with Gasteiger partial charge in [0.25, 0.3) is 0 Å². The molecule has 0 amide bonds. The van der Waals surface area contributed by atoms with E-state index in [1.165, 1.54) is 6.07 Å². The average molecular weight is 263 g/mol. The van der Waals surface area contributed by atoms with Crippen LogP contribution in [0.15, 0.2) is 18.2 Å². The normalized spacial score (nSPS) is 12.3. The number of nitrogens with zero attached hydrogens (tertiary/aromatic N) is 2. The lowest BCUT2D eigenvalue weighted by molar-refractivity contribution is 0.580. The maximum absolute atomic E-state index is 14.2. The largest absolute Gasteiger partial charge is 0.368 e. The Morgan fingerprint density at radius 3 is 2.53 bits per heavy atom. The number of nitriles is 1. The van der Waals surface area contributed by atoms with Gasteiger partial charge in [0.15, 0.2) is 0 Å². The Morgan fingerprint density at radius 2 is 2.05 bits per heavy atom. The fourth-order valence-electron chi connectivity index (χ4n) is 2.00. The van der Waals surface area contributed by atoms with Crippen LogP contribution in [0.25, 0.3) is 0 Å². The summed E-state index contributed by atoms with van der Waals surface area (Å²) in [6.07, 6.45) is 0.390. The Bertz CT molecular complexity index is 449. The highest BCUT2D eigenvalue weighted by Crippen LogP contribution is 2.23. The summed E-state index contributed by atoms with van der Waals surface area (Å²) >= 11 is 0. The van der Waals surface area contributed by atoms with Gasteiger partial charge in [-0.3, -0.25) is 0 Å². The molecule has 0 aliphatic rings. The second-order valence-corrected chi connectivity index (χ2v) is 5.25. The van der Waals surface area contributed by atoms with Gasteiger partial charge >= 0.3 is 0 Å². The molecule has 0 aliphatic heterocycles. The topological polar surface area (TPSA) is 53.0 Å². The standard InChI is InChI=1S/C15H22FN3/c1-11(2)10-19(8-4-7-17)15-6-5-13(12(3)18)9-14(15)16/h5-6,9,11-12H,4,8,10,18H2,1-3H3. The van der Waals surface area contributed by atoms with E-state index in [0.717, 1.165) is 12.1 Å². The van der Waals surface area contributed by atoms with Gasteiger partial charge in [-0.1, -0.05) is 19.9 Å². The molecule has 1 aromatic carbocycles. The minimum atomic E-state index is -0.270. The monoisotopic (exact) mass is 263 g/mol. The minimum Gasteiger partial charge on any atom is -0.368 e. The van der Waals surface area contributed by atoms with Crippen molar-refractivity contribution in [1.29, 1.82) is 5.26 Å². The van der Waals surface area contributed by atoms with E-state index in [2.05, 4.69) is 19.9 Å². The highest BCUT2D eigenvalue weighted by atomic mass is 19.1. The molecule has 1 unspecified atom stereocenters. The van der Waals surface area contributed by atoms with E-state index in [1.807, 2.05) is 17.9 Å². The lowest BCUT2D eigenvalue weighted by Crippen LogP contribution is -2.29. The fourth-order valence-corrected chi connectivity index (χ4v) is 2.00. The van der Waals surface area contributed by atoms with E-state index in [0.29, 0.717) is 24.6 Å². The molecule has 0 aromatic heterocycles. The molecule has 0 aliphatic carbocycles. The number of anilines is 1. The summed E-state index contributed by atoms with van der Waals surface area (Å²) in [6.45, 7) is 7.26. The van der Waals surface area contributed by atoms with E-state index in [9.17, 15) is 4.39 Å². The molecule has 0 fully saturated rings. The molecule has 0 heterocycles. The van der Waals surface area contributed by atoms with Crippen LogP contribution in [0.2, 0.25) is 0 Å². The molecular formula is C15H22FN3. The SMILES string of the molecule is CC(C)CN(CCC#N)c1ccc(C(C)N)cc1F. The van der Waals surface area contributed by atoms with Crippen LogP contribution >= 0.6 is 0 Å². The van der Waals surface area contributed by atoms with Gasteiger partial charge < -0.3 is 10.6 Å². The first-order valence-corrected chi connectivity index (χ1v) is 6.62. The molecule has 0 spiro atoms. The zero-order valence-corrected chi connectivity index (χ0v) is 11.9. The number of rotatable bonds is 6. The van der Waals surface area contributed by atoms with Crippen molar-refractivity contribution in [2.75, 3.05) is 18.0 Å². The summed E-state index contributed by atoms with van der Waals surface area (Å²) in [5, 5.41) is 8.70. The molecule has 19 heavy (non-hydrogen) atoms. The van der Waals surface area contributed by atoms with Crippen LogP contribution in [-0.4, -0.2) is 13.1 Å². The van der Waals surface area contributed by atoms with Gasteiger partial charge in [0.1, 0.15) is 5.82 Å². The van der Waals surface area contributed by atoms with E-state index in [4.69, 9.17) is 11.0 Å². The highest BCUT2D eigenvalue weighted by molar-refractivity contribution is 5.49. The average Bonchev–Trinajstić information content (AvgIpc) is 2.34. The van der Waals surface area contributed by atoms with Gasteiger partial charge in [-0.15, -0.1) is 0 Å². The second kappa shape index (κ2) is 7.10. The highest BCUT2D eigenvalue weighted by Gasteiger charge is 2.14. The van der Waals surface area contributed by atoms with Gasteiger partial charge in [-0.2, -0.15) is 5.26 Å². The van der Waals surface area contributed by atoms with Gasteiger partial charge in [0.05, 0.1) is 18.2 Å². The smallest absolute Gasteiger partial charge is 0.146 e. The summed E-state index contributed by atoms with van der Waals surface area (Å²) in [5.74, 6) is 0.139. The minimum absolute atomic E-state index is 0.179. The Kier molecular flexibility index (Phi) is 5.78. The van der Waals surface area contributed by atoms with Crippen molar-refractivity contribution in [2.24, 2.45) is 11.7 Å². The lowest BCUT2D eigenvalue weighted by Gasteiger charge is -2.26. The molecule has 2 N–H and O–H groups in total. The van der Waals surface area contributed by atoms with E-state index >= 15 is 0 Å². The van der Waals surface area contributed by atoms with Crippen molar-refractivity contribution in [3.8, 4) is 6.07 Å². The Balaban J connectivity index is 2.98. The first kappa shape index (κ1) is 15.5. The molecule has 0 saturated heterocycles. The number of nitrogens with two attached hydrogens (primary N) is 1. The maximum atomic E-state index is 14.2. The van der Waals surface area contributed by atoms with Crippen LogP contribution in [-0.2, 0) is 0 Å². The van der Waals surface area contributed by atoms with Crippen molar-refractivity contribution in [1.82, 2.24) is 0 Å². The second-order valence-electron chi connectivity index (χ2n) is 5.25. The van der Waals surface area contributed by atoms with Gasteiger partial charge in [-0.25, -0.2) is 4.39 Å². The molecule has 0 saturated carbocycles. The summed E-state index contributed by atoms with van der Waals surface area (Å²) in [5.41, 5.74) is 7.08. The Hall–Kier alpha value is -1.60. The summed E-state index contributed by atoms with van der Waals surface area (Å²) in [6, 6.07) is 7.02. The third kappa shape index (κ3) is 4.53. The first-order chi connectivity index (χ1) is 8.95. The maximum Gasteiger partial charge on any atom is 0.146 e. The molecule has 1 atom stereocenters. The first-order valence-electron chi connectivity index (χ1n) is 6.62. The fraction of sp³-hybridized carbons (Fsp3) is 0.533. The van der Waals surface area contributed by atoms with E-state index in [-0.39, 0.29) is 11.9 Å². The molecule has 1 rings (SSSR count). The van der Waals surface area contributed by atoms with Crippen molar-refractivity contribution < 1.29 is 4.39 Å². The lowest BCUT2D eigenvalue weighted by atomic mass is 10.1. The van der Waals surface area contributed by atoms with Crippen LogP contribution in [0.5, 0.6) is 0 Å². The van der Waals surface area contributed by atoms with Gasteiger partial charge in [0.2, 0.25) is 0 Å².